The van der Waals surface area contributed by atoms with E-state index < -0.39 is 0 Å². The zero-order chi connectivity index (χ0) is 15.4. The van der Waals surface area contributed by atoms with Crippen molar-refractivity contribution in [3.05, 3.63) is 46.1 Å². The molecule has 1 unspecified atom stereocenters. The summed E-state index contributed by atoms with van der Waals surface area (Å²) in [4.78, 5) is 15.0. The molecule has 1 N–H and O–H groups in total. The Morgan fingerprint density at radius 1 is 1.29 bits per heavy atom. The van der Waals surface area contributed by atoms with Gasteiger partial charge in [-0.15, -0.1) is 0 Å². The van der Waals surface area contributed by atoms with Gasteiger partial charge in [0.25, 0.3) is 5.69 Å². The number of nitrogens with zero attached hydrogens (tertiary/aromatic N) is 2. The van der Waals surface area contributed by atoms with Crippen molar-refractivity contribution in [1.82, 2.24) is 10.3 Å². The molecule has 21 heavy (non-hydrogen) atoms. The van der Waals surface area contributed by atoms with E-state index in [1.54, 1.807) is 12.1 Å². The largest absolute Gasteiger partial charge is 0.314 e. The van der Waals surface area contributed by atoms with Crippen LogP contribution in [0.3, 0.4) is 0 Å². The number of benzene rings is 1. The fraction of sp³-hybridized carbons (Fsp3) is 0.438. The van der Waals surface area contributed by atoms with E-state index in [0.717, 1.165) is 29.6 Å². The first kappa shape index (κ1) is 15.4. The second kappa shape index (κ2) is 6.63. The number of aromatic nitrogens is 1. The Labute approximate surface area is 124 Å². The van der Waals surface area contributed by atoms with E-state index in [2.05, 4.69) is 31.1 Å². The Balaban J connectivity index is 2.26. The number of non-ortho nitro benzene ring substituents is 1. The van der Waals surface area contributed by atoms with Gasteiger partial charge in [-0.1, -0.05) is 26.8 Å². The Morgan fingerprint density at radius 2 is 2.05 bits per heavy atom. The molecule has 1 aromatic heterocycles. The lowest BCUT2D eigenvalue weighted by Crippen LogP contribution is -2.35. The fourth-order valence-corrected chi connectivity index (χ4v) is 2.41. The summed E-state index contributed by atoms with van der Waals surface area (Å²) in [5.74, 6) is 0.527. The van der Waals surface area contributed by atoms with Crippen molar-refractivity contribution in [2.24, 2.45) is 5.92 Å². The number of likely N-dealkylation sites (N-methyl/N-ethyl adjacent to an activating group) is 1. The summed E-state index contributed by atoms with van der Waals surface area (Å²) in [5.41, 5.74) is 1.91. The van der Waals surface area contributed by atoms with E-state index in [-0.39, 0.29) is 10.6 Å². The number of nitro benzene ring substituents is 1. The molecule has 2 rings (SSSR count). The second-order valence-electron chi connectivity index (χ2n) is 5.55. The van der Waals surface area contributed by atoms with Gasteiger partial charge in [0.1, 0.15) is 0 Å². The zero-order valence-corrected chi connectivity index (χ0v) is 12.7. The van der Waals surface area contributed by atoms with Crippen LogP contribution in [-0.2, 0) is 6.42 Å². The Hall–Kier alpha value is -2.01. The van der Waals surface area contributed by atoms with Crippen LogP contribution in [0.4, 0.5) is 5.69 Å². The molecular weight excluding hydrogens is 266 g/mol. The van der Waals surface area contributed by atoms with Crippen molar-refractivity contribution in [3.8, 4) is 0 Å². The number of nitro groups is 1. The maximum Gasteiger partial charge on any atom is 0.270 e. The number of pyridine rings is 1. The lowest BCUT2D eigenvalue weighted by atomic mass is 9.98. The minimum atomic E-state index is -0.382. The van der Waals surface area contributed by atoms with Gasteiger partial charge in [0.15, 0.2) is 0 Å². The zero-order valence-electron chi connectivity index (χ0n) is 12.7. The average Bonchev–Trinajstić information content (AvgIpc) is 2.46. The van der Waals surface area contributed by atoms with Gasteiger partial charge < -0.3 is 5.32 Å². The first-order valence-corrected chi connectivity index (χ1v) is 7.28. The minimum absolute atomic E-state index is 0.102. The van der Waals surface area contributed by atoms with Crippen LogP contribution in [0, 0.1) is 16.0 Å². The highest BCUT2D eigenvalue weighted by molar-refractivity contribution is 5.81. The highest BCUT2D eigenvalue weighted by Gasteiger charge is 2.14. The molecule has 0 amide bonds. The van der Waals surface area contributed by atoms with Crippen molar-refractivity contribution in [2.45, 2.75) is 33.2 Å². The van der Waals surface area contributed by atoms with Gasteiger partial charge in [-0.2, -0.15) is 0 Å². The van der Waals surface area contributed by atoms with Gasteiger partial charge in [0, 0.05) is 35.7 Å². The van der Waals surface area contributed by atoms with Crippen LogP contribution in [0.15, 0.2) is 30.3 Å². The quantitative estimate of drug-likeness (QED) is 0.653. The van der Waals surface area contributed by atoms with Gasteiger partial charge in [-0.05, 0) is 24.6 Å². The molecule has 0 aliphatic rings. The third-order valence-corrected chi connectivity index (χ3v) is 3.64. The molecule has 5 nitrogen and oxygen atoms in total. The standard InChI is InChI=1S/C16H21N3O2/c1-4-17-16(11(2)3)10-13-6-5-12-9-14(19(20)21)7-8-15(12)18-13/h5-9,11,16-17H,4,10H2,1-3H3. The molecule has 0 bridgehead atoms. The van der Waals surface area contributed by atoms with Crippen LogP contribution in [0.25, 0.3) is 10.9 Å². The minimum Gasteiger partial charge on any atom is -0.314 e. The van der Waals surface area contributed by atoms with Gasteiger partial charge in [-0.25, -0.2) is 0 Å². The number of rotatable bonds is 6. The van der Waals surface area contributed by atoms with Crippen LogP contribution in [0.1, 0.15) is 26.5 Å². The van der Waals surface area contributed by atoms with Gasteiger partial charge >= 0.3 is 0 Å². The molecule has 0 saturated heterocycles. The highest BCUT2D eigenvalue weighted by Crippen LogP contribution is 2.20. The van der Waals surface area contributed by atoms with E-state index in [1.165, 1.54) is 6.07 Å². The van der Waals surface area contributed by atoms with Crippen molar-refractivity contribution in [1.29, 1.82) is 0 Å². The molecule has 0 aliphatic carbocycles. The summed E-state index contributed by atoms with van der Waals surface area (Å²) < 4.78 is 0. The normalized spacial score (nSPS) is 12.8. The first-order valence-electron chi connectivity index (χ1n) is 7.28. The highest BCUT2D eigenvalue weighted by atomic mass is 16.6. The Bertz CT molecular complexity index is 640. The second-order valence-corrected chi connectivity index (χ2v) is 5.55. The molecule has 1 heterocycles. The molecule has 2 aromatic rings. The maximum absolute atomic E-state index is 10.8. The lowest BCUT2D eigenvalue weighted by Gasteiger charge is -2.21. The molecule has 0 radical (unpaired) electrons. The summed E-state index contributed by atoms with van der Waals surface area (Å²) in [6.07, 6.45) is 0.860. The van der Waals surface area contributed by atoms with Gasteiger partial charge in [0.2, 0.25) is 0 Å². The van der Waals surface area contributed by atoms with Crippen LogP contribution in [0.2, 0.25) is 0 Å². The summed E-state index contributed by atoms with van der Waals surface area (Å²) in [6.45, 7) is 7.42. The Morgan fingerprint density at radius 3 is 2.67 bits per heavy atom. The summed E-state index contributed by atoms with van der Waals surface area (Å²) in [6, 6.07) is 9.04. The average molecular weight is 287 g/mol. The van der Waals surface area contributed by atoms with Crippen molar-refractivity contribution in [2.75, 3.05) is 6.54 Å². The van der Waals surface area contributed by atoms with Crippen LogP contribution >= 0.6 is 0 Å². The van der Waals surface area contributed by atoms with Crippen molar-refractivity contribution < 1.29 is 4.92 Å². The molecule has 5 heteroatoms. The number of nitrogens with one attached hydrogen (secondary N) is 1. The van der Waals surface area contributed by atoms with Crippen LogP contribution in [-0.4, -0.2) is 22.5 Å². The molecule has 0 saturated carbocycles. The summed E-state index contributed by atoms with van der Waals surface area (Å²) >= 11 is 0. The number of hydrogen-bond acceptors (Lipinski definition) is 4. The Kier molecular flexibility index (Phi) is 4.85. The molecule has 0 spiro atoms. The van der Waals surface area contributed by atoms with Gasteiger partial charge in [0.05, 0.1) is 10.4 Å². The molecule has 1 aromatic carbocycles. The SMILES string of the molecule is CCNC(Cc1ccc2cc([N+](=O)[O-])ccc2n1)C(C)C. The molecular formula is C16H21N3O2. The van der Waals surface area contributed by atoms with Crippen molar-refractivity contribution in [3.63, 3.8) is 0 Å². The summed E-state index contributed by atoms with van der Waals surface area (Å²) in [7, 11) is 0. The predicted molar refractivity (Wildman–Crippen MR) is 84.4 cm³/mol. The van der Waals surface area contributed by atoms with Crippen LogP contribution < -0.4 is 5.32 Å². The van der Waals surface area contributed by atoms with Crippen molar-refractivity contribution >= 4 is 16.6 Å². The predicted octanol–water partition coefficient (Wildman–Crippen LogP) is 3.32. The van der Waals surface area contributed by atoms with Gasteiger partial charge in [-0.3, -0.25) is 15.1 Å². The third kappa shape index (κ3) is 3.76. The summed E-state index contributed by atoms with van der Waals surface area (Å²) in [5, 5.41) is 15.1. The molecule has 112 valence electrons. The number of hydrogen-bond donors (Lipinski definition) is 1. The fourth-order valence-electron chi connectivity index (χ4n) is 2.41. The maximum atomic E-state index is 10.8. The van der Waals surface area contributed by atoms with Crippen LogP contribution in [0.5, 0.6) is 0 Å². The lowest BCUT2D eigenvalue weighted by molar-refractivity contribution is -0.384. The molecule has 0 fully saturated rings. The smallest absolute Gasteiger partial charge is 0.270 e. The molecule has 1 atom stereocenters. The molecule has 0 aliphatic heterocycles. The van der Waals surface area contributed by atoms with E-state index >= 15 is 0 Å². The topological polar surface area (TPSA) is 68.1 Å². The van der Waals surface area contributed by atoms with E-state index in [1.807, 2.05) is 12.1 Å². The van der Waals surface area contributed by atoms with E-state index in [9.17, 15) is 10.1 Å². The first-order chi connectivity index (χ1) is 10.0. The van der Waals surface area contributed by atoms with E-state index in [0.29, 0.717) is 12.0 Å². The van der Waals surface area contributed by atoms with E-state index in [4.69, 9.17) is 0 Å². The third-order valence-electron chi connectivity index (χ3n) is 3.64. The monoisotopic (exact) mass is 287 g/mol. The number of fused-ring (bicyclic) bond motifs is 1.